The minimum absolute atomic E-state index is 0.00868. The number of carbonyl (C=O) groups is 1. The lowest BCUT2D eigenvalue weighted by atomic mass is 9.56. The summed E-state index contributed by atoms with van der Waals surface area (Å²) in [5, 5.41) is 28.4. The van der Waals surface area contributed by atoms with Crippen LogP contribution in [0.1, 0.15) is 66.4 Å². The molecule has 4 fully saturated rings. The number of nitrogens with zero attached hydrogens (tertiary/aromatic N) is 4. The lowest BCUT2D eigenvalue weighted by Gasteiger charge is -2.63. The van der Waals surface area contributed by atoms with Crippen LogP contribution in [0, 0.1) is 11.3 Å². The second-order valence-corrected chi connectivity index (χ2v) is 13.3. The molecule has 4 N–H and O–H groups in total. The highest BCUT2D eigenvalue weighted by Gasteiger charge is 2.59. The molecule has 1 spiro atoms. The number of β-amino-alcohol motifs (C(OH)–C–C–N with tert-alkyl or cyclic N) is 1. The number of anilines is 2. The average Bonchev–Trinajstić information content (AvgIpc) is 3.81. The second-order valence-electron chi connectivity index (χ2n) is 13.3. The molecule has 9 nitrogen and oxygen atoms in total. The molecule has 1 amide bonds. The molecule has 2 saturated carbocycles. The maximum atomic E-state index is 13.1. The van der Waals surface area contributed by atoms with E-state index in [-0.39, 0.29) is 23.8 Å². The number of aromatic nitrogens is 2. The first-order valence-corrected chi connectivity index (χ1v) is 15.8. The summed E-state index contributed by atoms with van der Waals surface area (Å²) in [7, 11) is 0. The molecule has 3 aromatic rings. The quantitative estimate of drug-likeness (QED) is 0.280. The van der Waals surface area contributed by atoms with E-state index in [1.165, 1.54) is 38.4 Å². The molecule has 2 aliphatic heterocycles. The molecule has 1 aromatic heterocycles. The van der Waals surface area contributed by atoms with Gasteiger partial charge >= 0.3 is 0 Å². The first-order chi connectivity index (χ1) is 20.9. The fourth-order valence-corrected chi connectivity index (χ4v) is 7.62. The summed E-state index contributed by atoms with van der Waals surface area (Å²) >= 11 is 0. The maximum Gasteiger partial charge on any atom is 0.255 e. The van der Waals surface area contributed by atoms with Gasteiger partial charge in [0, 0.05) is 51.4 Å². The van der Waals surface area contributed by atoms with Crippen molar-refractivity contribution in [1.82, 2.24) is 20.2 Å². The minimum atomic E-state index is -1.11. The Morgan fingerprint density at radius 2 is 1.81 bits per heavy atom. The third-order valence-electron chi connectivity index (χ3n) is 10.1. The zero-order chi connectivity index (χ0) is 29.4. The van der Waals surface area contributed by atoms with Gasteiger partial charge in [-0.25, -0.2) is 9.97 Å². The standard InChI is InChI=1S/C34H42N6O3/c41-28-16-25(19-40-21-33(12-4-13-33)31(40)26-9-10-26)8-11-27(28)32(42)36-20-34(43)14-5-15-39(22-34)30-17-29(37-23-38-30)35-18-24-6-2-1-3-7-24/h1-3,6-8,11,16-17,23,26,31,41,43H,4-5,9-10,12-15,18-22H2,(H,36,42)(H,35,37,38)/t31-,34+/m0/s1. The SMILES string of the molecule is O=C(NC[C@]1(O)CCCN(c2cc(NCc3ccccc3)ncn2)C1)c1ccc(CN2CC3(CCC3)[C@@H]2C2CC2)cc1O. The van der Waals surface area contributed by atoms with Gasteiger partial charge in [0.1, 0.15) is 23.7 Å². The normalized spacial score (nSPS) is 24.7. The smallest absolute Gasteiger partial charge is 0.255 e. The molecule has 0 radical (unpaired) electrons. The number of carbonyl (C=O) groups excluding carboxylic acids is 1. The summed E-state index contributed by atoms with van der Waals surface area (Å²) in [5.41, 5.74) is 1.89. The van der Waals surface area contributed by atoms with E-state index in [1.54, 1.807) is 12.1 Å². The molecule has 3 heterocycles. The lowest BCUT2D eigenvalue weighted by molar-refractivity contribution is -0.140. The number of hydrogen-bond acceptors (Lipinski definition) is 8. The molecule has 43 heavy (non-hydrogen) atoms. The molecule has 2 aromatic carbocycles. The third-order valence-corrected chi connectivity index (χ3v) is 10.1. The Morgan fingerprint density at radius 1 is 0.977 bits per heavy atom. The average molecular weight is 583 g/mol. The van der Waals surface area contributed by atoms with E-state index in [9.17, 15) is 15.0 Å². The highest BCUT2D eigenvalue weighted by Crippen LogP contribution is 2.60. The van der Waals surface area contributed by atoms with Gasteiger partial charge in [0.2, 0.25) is 0 Å². The number of piperidine rings is 1. The Balaban J connectivity index is 0.934. The van der Waals surface area contributed by atoms with Crippen molar-refractivity contribution in [1.29, 1.82) is 0 Å². The number of benzene rings is 2. The van der Waals surface area contributed by atoms with Crippen LogP contribution >= 0.6 is 0 Å². The van der Waals surface area contributed by atoms with Gasteiger partial charge in [0.25, 0.3) is 5.91 Å². The summed E-state index contributed by atoms with van der Waals surface area (Å²) in [6, 6.07) is 18.1. The molecule has 9 heteroatoms. The number of phenolic OH excluding ortho intramolecular Hbond substituents is 1. The van der Waals surface area contributed by atoms with Crippen molar-refractivity contribution in [2.75, 3.05) is 36.4 Å². The van der Waals surface area contributed by atoms with E-state index in [2.05, 4.69) is 37.6 Å². The highest BCUT2D eigenvalue weighted by atomic mass is 16.3. The highest BCUT2D eigenvalue weighted by molar-refractivity contribution is 5.96. The van der Waals surface area contributed by atoms with Gasteiger partial charge in [-0.15, -0.1) is 0 Å². The van der Waals surface area contributed by atoms with Crippen molar-refractivity contribution in [3.05, 3.63) is 77.6 Å². The molecule has 2 saturated heterocycles. The van der Waals surface area contributed by atoms with Crippen molar-refractivity contribution in [2.24, 2.45) is 11.3 Å². The molecule has 2 aliphatic carbocycles. The van der Waals surface area contributed by atoms with Crippen LogP contribution in [0.2, 0.25) is 0 Å². The van der Waals surface area contributed by atoms with Gasteiger partial charge in [-0.2, -0.15) is 0 Å². The number of phenols is 1. The second kappa shape index (κ2) is 11.4. The van der Waals surface area contributed by atoms with Crippen LogP contribution in [-0.4, -0.2) is 68.8 Å². The number of aromatic hydroxyl groups is 1. The van der Waals surface area contributed by atoms with Crippen molar-refractivity contribution >= 4 is 17.5 Å². The molecule has 226 valence electrons. The van der Waals surface area contributed by atoms with E-state index in [4.69, 9.17) is 0 Å². The summed E-state index contributed by atoms with van der Waals surface area (Å²) < 4.78 is 0. The zero-order valence-corrected chi connectivity index (χ0v) is 24.7. The van der Waals surface area contributed by atoms with Gasteiger partial charge < -0.3 is 25.7 Å². The fraction of sp³-hybridized carbons (Fsp3) is 0.500. The van der Waals surface area contributed by atoms with Gasteiger partial charge in [-0.05, 0) is 73.1 Å². The largest absolute Gasteiger partial charge is 0.507 e. The monoisotopic (exact) mass is 582 g/mol. The number of hydrogen-bond donors (Lipinski definition) is 4. The van der Waals surface area contributed by atoms with Gasteiger partial charge in [-0.1, -0.05) is 42.8 Å². The summed E-state index contributed by atoms with van der Waals surface area (Å²) in [5.74, 6) is 1.91. The molecule has 0 unspecified atom stereocenters. The number of aliphatic hydroxyl groups is 1. The minimum Gasteiger partial charge on any atom is -0.507 e. The van der Waals surface area contributed by atoms with E-state index in [0.29, 0.717) is 31.0 Å². The summed E-state index contributed by atoms with van der Waals surface area (Å²) in [4.78, 5) is 26.5. The molecule has 0 bridgehead atoms. The van der Waals surface area contributed by atoms with Crippen LogP contribution in [-0.2, 0) is 13.1 Å². The van der Waals surface area contributed by atoms with Crippen LogP contribution in [0.25, 0.3) is 0 Å². The first kappa shape index (κ1) is 28.1. The molecule has 4 aliphatic rings. The van der Waals surface area contributed by atoms with Crippen LogP contribution < -0.4 is 15.5 Å². The maximum absolute atomic E-state index is 13.1. The van der Waals surface area contributed by atoms with E-state index in [0.717, 1.165) is 54.7 Å². The topological polar surface area (TPSA) is 114 Å². The summed E-state index contributed by atoms with van der Waals surface area (Å²) in [6.07, 6.45) is 9.66. The number of rotatable bonds is 10. The van der Waals surface area contributed by atoms with Crippen molar-refractivity contribution in [3.8, 4) is 5.75 Å². The Labute approximate surface area is 253 Å². The first-order valence-electron chi connectivity index (χ1n) is 15.8. The predicted octanol–water partition coefficient (Wildman–Crippen LogP) is 4.32. The van der Waals surface area contributed by atoms with Crippen molar-refractivity contribution in [3.63, 3.8) is 0 Å². The van der Waals surface area contributed by atoms with E-state index >= 15 is 0 Å². The van der Waals surface area contributed by atoms with Crippen LogP contribution in [0.3, 0.4) is 0 Å². The van der Waals surface area contributed by atoms with E-state index in [1.807, 2.05) is 35.2 Å². The van der Waals surface area contributed by atoms with Crippen LogP contribution in [0.15, 0.2) is 60.9 Å². The number of likely N-dealkylation sites (tertiary alicyclic amines) is 1. The Kier molecular flexibility index (Phi) is 7.47. The van der Waals surface area contributed by atoms with Gasteiger partial charge in [0.15, 0.2) is 0 Å². The zero-order valence-electron chi connectivity index (χ0n) is 24.7. The predicted molar refractivity (Wildman–Crippen MR) is 166 cm³/mol. The third kappa shape index (κ3) is 5.93. The Morgan fingerprint density at radius 3 is 2.56 bits per heavy atom. The van der Waals surface area contributed by atoms with Crippen LogP contribution in [0.5, 0.6) is 5.75 Å². The fourth-order valence-electron chi connectivity index (χ4n) is 7.62. The Hall–Kier alpha value is -3.69. The van der Waals surface area contributed by atoms with Crippen LogP contribution in [0.4, 0.5) is 11.6 Å². The molecule has 7 rings (SSSR count). The van der Waals surface area contributed by atoms with Crippen molar-refractivity contribution in [2.45, 2.75) is 69.7 Å². The molecule has 2 atom stereocenters. The Bertz CT molecular complexity index is 1460. The summed E-state index contributed by atoms with van der Waals surface area (Å²) in [6.45, 7) is 3.82. The van der Waals surface area contributed by atoms with Gasteiger partial charge in [-0.3, -0.25) is 9.69 Å². The number of amides is 1. The molecular formula is C34H42N6O3. The van der Waals surface area contributed by atoms with Crippen molar-refractivity contribution < 1.29 is 15.0 Å². The van der Waals surface area contributed by atoms with E-state index < -0.39 is 5.60 Å². The van der Waals surface area contributed by atoms with Gasteiger partial charge in [0.05, 0.1) is 11.2 Å². The lowest BCUT2D eigenvalue weighted by Crippen LogP contribution is -2.67. The molecular weight excluding hydrogens is 540 g/mol. The number of nitrogens with one attached hydrogen (secondary N) is 2.